The van der Waals surface area contributed by atoms with Gasteiger partial charge < -0.3 is 10.1 Å². The van der Waals surface area contributed by atoms with E-state index < -0.39 is 0 Å². The standard InChI is InChI=1S/C16H21N3O2/c1-10(2)9-14-16(17-11(3)20)15(19-18-14)12-5-7-13(21-4)8-6-12/h5-8,10H,9H2,1-4H3,(H,17,20)(H,18,19). The highest BCUT2D eigenvalue weighted by atomic mass is 16.5. The number of nitrogens with one attached hydrogen (secondary N) is 2. The van der Waals surface area contributed by atoms with E-state index >= 15 is 0 Å². The maximum Gasteiger partial charge on any atom is 0.221 e. The summed E-state index contributed by atoms with van der Waals surface area (Å²) < 4.78 is 5.16. The summed E-state index contributed by atoms with van der Waals surface area (Å²) in [5, 5.41) is 10.3. The second-order valence-corrected chi connectivity index (χ2v) is 5.43. The van der Waals surface area contributed by atoms with E-state index in [1.54, 1.807) is 7.11 Å². The topological polar surface area (TPSA) is 67.0 Å². The number of aromatic amines is 1. The molecule has 0 radical (unpaired) electrons. The Morgan fingerprint density at radius 2 is 2.00 bits per heavy atom. The van der Waals surface area contributed by atoms with Gasteiger partial charge in [0.2, 0.25) is 5.91 Å². The van der Waals surface area contributed by atoms with Crippen LogP contribution in [0.1, 0.15) is 26.5 Å². The lowest BCUT2D eigenvalue weighted by Gasteiger charge is -2.08. The van der Waals surface area contributed by atoms with E-state index in [9.17, 15) is 4.79 Å². The lowest BCUT2D eigenvalue weighted by Crippen LogP contribution is -2.09. The maximum atomic E-state index is 11.5. The molecule has 0 fully saturated rings. The number of ether oxygens (including phenoxy) is 1. The molecule has 2 N–H and O–H groups in total. The minimum Gasteiger partial charge on any atom is -0.497 e. The minimum absolute atomic E-state index is 0.101. The highest BCUT2D eigenvalue weighted by molar-refractivity contribution is 5.94. The van der Waals surface area contributed by atoms with Crippen LogP contribution in [0.3, 0.4) is 0 Å². The van der Waals surface area contributed by atoms with Crippen molar-refractivity contribution in [2.75, 3.05) is 12.4 Å². The molecule has 0 saturated carbocycles. The second-order valence-electron chi connectivity index (χ2n) is 5.43. The number of benzene rings is 1. The molecule has 1 heterocycles. The van der Waals surface area contributed by atoms with Gasteiger partial charge in [0.1, 0.15) is 11.4 Å². The van der Waals surface area contributed by atoms with Crippen LogP contribution in [0.25, 0.3) is 11.3 Å². The zero-order chi connectivity index (χ0) is 15.4. The lowest BCUT2D eigenvalue weighted by molar-refractivity contribution is -0.114. The number of carbonyl (C=O) groups excluding carboxylic acids is 1. The summed E-state index contributed by atoms with van der Waals surface area (Å²) in [4.78, 5) is 11.5. The van der Waals surface area contributed by atoms with Crippen LogP contribution in [0.5, 0.6) is 5.75 Å². The van der Waals surface area contributed by atoms with Crippen LogP contribution in [-0.2, 0) is 11.2 Å². The highest BCUT2D eigenvalue weighted by Gasteiger charge is 2.16. The summed E-state index contributed by atoms with van der Waals surface area (Å²) in [6.07, 6.45) is 0.832. The molecule has 0 spiro atoms. The number of rotatable bonds is 5. The van der Waals surface area contributed by atoms with E-state index in [4.69, 9.17) is 4.74 Å². The van der Waals surface area contributed by atoms with Gasteiger partial charge in [-0.2, -0.15) is 5.10 Å². The third kappa shape index (κ3) is 3.62. The molecule has 0 bridgehead atoms. The van der Waals surface area contributed by atoms with E-state index in [-0.39, 0.29) is 5.91 Å². The number of methoxy groups -OCH3 is 1. The molecule has 0 aliphatic carbocycles. The molecule has 5 nitrogen and oxygen atoms in total. The normalized spacial score (nSPS) is 10.7. The molecule has 112 valence electrons. The Labute approximate surface area is 124 Å². The fraction of sp³-hybridized carbons (Fsp3) is 0.375. The number of anilines is 1. The predicted octanol–water partition coefficient (Wildman–Crippen LogP) is 3.24. The maximum absolute atomic E-state index is 11.5. The first-order valence-corrected chi connectivity index (χ1v) is 7.00. The molecule has 0 saturated heterocycles. The number of hydrogen-bond donors (Lipinski definition) is 2. The van der Waals surface area contributed by atoms with E-state index in [2.05, 4.69) is 29.4 Å². The Hall–Kier alpha value is -2.30. The predicted molar refractivity (Wildman–Crippen MR) is 83.4 cm³/mol. The van der Waals surface area contributed by atoms with E-state index in [1.807, 2.05) is 24.3 Å². The van der Waals surface area contributed by atoms with Gasteiger partial charge in [-0.05, 0) is 36.6 Å². The Morgan fingerprint density at radius 1 is 1.33 bits per heavy atom. The fourth-order valence-corrected chi connectivity index (χ4v) is 2.20. The van der Waals surface area contributed by atoms with Gasteiger partial charge in [0.05, 0.1) is 18.5 Å². The summed E-state index contributed by atoms with van der Waals surface area (Å²) in [5.74, 6) is 1.16. The summed E-state index contributed by atoms with van der Waals surface area (Å²) >= 11 is 0. The smallest absolute Gasteiger partial charge is 0.221 e. The number of nitrogens with zero attached hydrogens (tertiary/aromatic N) is 1. The van der Waals surface area contributed by atoms with Crippen molar-refractivity contribution < 1.29 is 9.53 Å². The van der Waals surface area contributed by atoms with Gasteiger partial charge in [0, 0.05) is 12.5 Å². The van der Waals surface area contributed by atoms with Crippen molar-refractivity contribution in [3.05, 3.63) is 30.0 Å². The lowest BCUT2D eigenvalue weighted by atomic mass is 10.0. The van der Waals surface area contributed by atoms with E-state index in [0.29, 0.717) is 5.92 Å². The van der Waals surface area contributed by atoms with Gasteiger partial charge in [0.15, 0.2) is 0 Å². The zero-order valence-corrected chi connectivity index (χ0v) is 12.9. The van der Waals surface area contributed by atoms with Crippen molar-refractivity contribution in [1.29, 1.82) is 0 Å². The van der Waals surface area contributed by atoms with Crippen LogP contribution in [0.15, 0.2) is 24.3 Å². The molecule has 2 aromatic rings. The van der Waals surface area contributed by atoms with Gasteiger partial charge in [-0.3, -0.25) is 9.89 Å². The highest BCUT2D eigenvalue weighted by Crippen LogP contribution is 2.31. The Bertz CT molecular complexity index is 615. The van der Waals surface area contributed by atoms with Crippen LogP contribution in [-0.4, -0.2) is 23.2 Å². The second kappa shape index (κ2) is 6.43. The van der Waals surface area contributed by atoms with Gasteiger partial charge in [-0.15, -0.1) is 0 Å². The number of H-pyrrole nitrogens is 1. The molecular weight excluding hydrogens is 266 g/mol. The Kier molecular flexibility index (Phi) is 4.62. The average molecular weight is 287 g/mol. The van der Waals surface area contributed by atoms with Crippen molar-refractivity contribution >= 4 is 11.6 Å². The van der Waals surface area contributed by atoms with Gasteiger partial charge in [-0.25, -0.2) is 0 Å². The van der Waals surface area contributed by atoms with Crippen molar-refractivity contribution in [2.45, 2.75) is 27.2 Å². The monoisotopic (exact) mass is 287 g/mol. The number of hydrogen-bond acceptors (Lipinski definition) is 3. The first-order chi connectivity index (χ1) is 10.0. The molecular formula is C16H21N3O2. The average Bonchev–Trinajstić information content (AvgIpc) is 2.80. The largest absolute Gasteiger partial charge is 0.497 e. The van der Waals surface area contributed by atoms with Crippen molar-refractivity contribution in [2.24, 2.45) is 5.92 Å². The molecule has 0 atom stereocenters. The van der Waals surface area contributed by atoms with E-state index in [1.165, 1.54) is 6.92 Å². The quantitative estimate of drug-likeness (QED) is 0.887. The van der Waals surface area contributed by atoms with Crippen molar-refractivity contribution in [3.63, 3.8) is 0 Å². The van der Waals surface area contributed by atoms with Gasteiger partial charge in [0.25, 0.3) is 0 Å². The number of amides is 1. The van der Waals surface area contributed by atoms with Crippen LogP contribution in [0.2, 0.25) is 0 Å². The van der Waals surface area contributed by atoms with Gasteiger partial charge in [-0.1, -0.05) is 13.8 Å². The van der Waals surface area contributed by atoms with Crippen LogP contribution in [0, 0.1) is 5.92 Å². The first-order valence-electron chi connectivity index (χ1n) is 7.00. The molecule has 1 amide bonds. The Balaban J connectivity index is 2.41. The molecule has 0 aliphatic heterocycles. The third-order valence-electron chi connectivity index (χ3n) is 3.12. The number of aromatic nitrogens is 2. The van der Waals surface area contributed by atoms with Crippen LogP contribution in [0.4, 0.5) is 5.69 Å². The molecule has 0 unspecified atom stereocenters. The zero-order valence-electron chi connectivity index (χ0n) is 12.9. The van der Waals surface area contributed by atoms with Crippen LogP contribution >= 0.6 is 0 Å². The molecule has 5 heteroatoms. The fourth-order valence-electron chi connectivity index (χ4n) is 2.20. The van der Waals surface area contributed by atoms with Crippen molar-refractivity contribution in [3.8, 4) is 17.0 Å². The van der Waals surface area contributed by atoms with Crippen molar-refractivity contribution in [1.82, 2.24) is 10.2 Å². The summed E-state index contributed by atoms with van der Waals surface area (Å²) in [6, 6.07) is 7.62. The minimum atomic E-state index is -0.101. The number of carbonyl (C=O) groups is 1. The molecule has 1 aromatic heterocycles. The summed E-state index contributed by atoms with van der Waals surface area (Å²) in [6.45, 7) is 5.76. The van der Waals surface area contributed by atoms with Crippen LogP contribution < -0.4 is 10.1 Å². The van der Waals surface area contributed by atoms with E-state index in [0.717, 1.165) is 34.8 Å². The Morgan fingerprint density at radius 3 is 2.52 bits per heavy atom. The summed E-state index contributed by atoms with van der Waals surface area (Å²) in [5.41, 5.74) is 3.40. The molecule has 21 heavy (non-hydrogen) atoms. The first kappa shape index (κ1) is 15.1. The summed E-state index contributed by atoms with van der Waals surface area (Å²) in [7, 11) is 1.63. The molecule has 0 aliphatic rings. The SMILES string of the molecule is COc1ccc(-c2n[nH]c(CC(C)C)c2NC(C)=O)cc1. The third-order valence-corrected chi connectivity index (χ3v) is 3.12. The molecule has 1 aromatic carbocycles. The molecule has 2 rings (SSSR count). The van der Waals surface area contributed by atoms with Gasteiger partial charge >= 0.3 is 0 Å².